The van der Waals surface area contributed by atoms with Crippen LogP contribution in [0.4, 0.5) is 45.3 Å². The van der Waals surface area contributed by atoms with Crippen LogP contribution >= 0.6 is 0 Å². The average Bonchev–Trinajstić information content (AvgIpc) is 3.27. The molecule has 2 aliphatic heterocycles. The number of ether oxygens (including phenoxy) is 2. The zero-order valence-electron chi connectivity index (χ0n) is 23.6. The van der Waals surface area contributed by atoms with E-state index in [0.29, 0.717) is 11.8 Å². The molecule has 4 rings (SSSR count). The molecule has 0 saturated carbocycles. The summed E-state index contributed by atoms with van der Waals surface area (Å²) in [6, 6.07) is 5.75. The van der Waals surface area contributed by atoms with E-state index >= 15 is 0 Å². The minimum Gasteiger partial charge on any atom is -0.492 e. The second-order valence-electron chi connectivity index (χ2n) is 9.36. The molecular formula is C24H26F9N5O8. The molecular weight excluding hydrogens is 657 g/mol. The van der Waals surface area contributed by atoms with Crippen LogP contribution in [0, 0.1) is 5.92 Å². The first-order valence-corrected chi connectivity index (χ1v) is 12.3. The van der Waals surface area contributed by atoms with Crippen molar-refractivity contribution in [3.63, 3.8) is 0 Å². The first-order valence-electron chi connectivity index (χ1n) is 12.3. The van der Waals surface area contributed by atoms with Crippen LogP contribution in [0.2, 0.25) is 0 Å². The van der Waals surface area contributed by atoms with Crippen molar-refractivity contribution in [3.05, 3.63) is 36.9 Å². The molecule has 2 aromatic heterocycles. The summed E-state index contributed by atoms with van der Waals surface area (Å²) in [6.45, 7) is 3.75. The number of hydrogen-bond donors (Lipinski definition) is 3. The minimum atomic E-state index is -5.08. The summed E-state index contributed by atoms with van der Waals surface area (Å²) in [5.41, 5.74) is 0.223. The molecule has 0 radical (unpaired) electrons. The number of carboxylic acid groups (broad SMARTS) is 3. The molecule has 2 aromatic rings. The van der Waals surface area contributed by atoms with Crippen LogP contribution in [-0.4, -0.2) is 118 Å². The van der Waals surface area contributed by atoms with E-state index in [-0.39, 0.29) is 5.54 Å². The molecule has 2 saturated heterocycles. The Bertz CT molecular complexity index is 1230. The maximum atomic E-state index is 10.6. The van der Waals surface area contributed by atoms with Crippen molar-refractivity contribution >= 4 is 23.7 Å². The molecule has 1 unspecified atom stereocenters. The number of aromatic nitrogens is 3. The standard InChI is InChI=1S/C18H23N5O2.3C2HF3O2/c1-22-9-14(10-25-15-4-3-5-19-8-15)7-18(22)11-23(12-18)16-6-17(24-2)21-13-20-16;3*3-2(4,5)1(6)7/h3-6,8,13-14H,7,9-12H2,1-2H3;3*(H,6,7). The summed E-state index contributed by atoms with van der Waals surface area (Å²) in [4.78, 5) is 44.0. The van der Waals surface area contributed by atoms with Gasteiger partial charge in [0.2, 0.25) is 5.88 Å². The maximum Gasteiger partial charge on any atom is 0.490 e. The molecule has 2 aliphatic rings. The van der Waals surface area contributed by atoms with Gasteiger partial charge in [-0.2, -0.15) is 39.5 Å². The Kier molecular flexibility index (Phi) is 13.8. The first kappa shape index (κ1) is 39.4. The van der Waals surface area contributed by atoms with Gasteiger partial charge >= 0.3 is 36.4 Å². The van der Waals surface area contributed by atoms with Gasteiger partial charge in [0.15, 0.2) is 0 Å². The number of nitrogens with zero attached hydrogens (tertiary/aromatic N) is 5. The Morgan fingerprint density at radius 2 is 1.43 bits per heavy atom. The van der Waals surface area contributed by atoms with Gasteiger partial charge in [0, 0.05) is 37.8 Å². The van der Waals surface area contributed by atoms with E-state index in [1.165, 1.54) is 0 Å². The zero-order valence-corrected chi connectivity index (χ0v) is 23.6. The van der Waals surface area contributed by atoms with E-state index in [0.717, 1.165) is 44.2 Å². The fourth-order valence-corrected chi connectivity index (χ4v) is 3.91. The van der Waals surface area contributed by atoms with Gasteiger partial charge in [0.05, 0.1) is 25.5 Å². The molecule has 0 aliphatic carbocycles. The van der Waals surface area contributed by atoms with Crippen LogP contribution in [0.3, 0.4) is 0 Å². The minimum absolute atomic E-state index is 0.223. The van der Waals surface area contributed by atoms with E-state index in [9.17, 15) is 39.5 Å². The molecule has 4 heterocycles. The predicted octanol–water partition coefficient (Wildman–Crippen LogP) is 3.37. The summed E-state index contributed by atoms with van der Waals surface area (Å²) in [6.07, 6.45) is -9.02. The number of hydrogen-bond acceptors (Lipinski definition) is 10. The maximum absolute atomic E-state index is 10.6. The lowest BCUT2D eigenvalue weighted by Crippen LogP contribution is -2.67. The molecule has 0 aromatic carbocycles. The van der Waals surface area contributed by atoms with Crippen LogP contribution in [0.5, 0.6) is 11.6 Å². The number of alkyl halides is 9. The van der Waals surface area contributed by atoms with E-state index in [1.54, 1.807) is 25.8 Å². The van der Waals surface area contributed by atoms with Crippen molar-refractivity contribution in [1.29, 1.82) is 0 Å². The number of anilines is 1. The fraction of sp³-hybridized carbons (Fsp3) is 0.500. The molecule has 22 heteroatoms. The normalized spacial score (nSPS) is 17.1. The summed E-state index contributed by atoms with van der Waals surface area (Å²) >= 11 is 0. The smallest absolute Gasteiger partial charge is 0.490 e. The Morgan fingerprint density at radius 3 is 1.85 bits per heavy atom. The lowest BCUT2D eigenvalue weighted by Gasteiger charge is -2.52. The van der Waals surface area contributed by atoms with E-state index in [1.807, 2.05) is 18.2 Å². The fourth-order valence-electron chi connectivity index (χ4n) is 3.91. The number of halogens is 9. The number of rotatable bonds is 5. The third-order valence-electron chi connectivity index (χ3n) is 5.99. The quantitative estimate of drug-likeness (QED) is 0.392. The molecule has 1 atom stereocenters. The molecule has 46 heavy (non-hydrogen) atoms. The Balaban J connectivity index is 0.000000413. The summed E-state index contributed by atoms with van der Waals surface area (Å²) in [5, 5.41) is 21.4. The third-order valence-corrected chi connectivity index (χ3v) is 5.99. The predicted molar refractivity (Wildman–Crippen MR) is 135 cm³/mol. The number of likely N-dealkylation sites (tertiary alicyclic amines) is 1. The first-order chi connectivity index (χ1) is 21.0. The number of aliphatic carboxylic acids is 3. The van der Waals surface area contributed by atoms with Crippen molar-refractivity contribution in [1.82, 2.24) is 19.9 Å². The summed E-state index contributed by atoms with van der Waals surface area (Å²) in [7, 11) is 3.84. The highest BCUT2D eigenvalue weighted by molar-refractivity contribution is 5.73. The third kappa shape index (κ3) is 12.8. The highest BCUT2D eigenvalue weighted by atomic mass is 19.4. The summed E-state index contributed by atoms with van der Waals surface area (Å²) in [5.74, 6) is -5.36. The number of carbonyl (C=O) groups is 3. The summed E-state index contributed by atoms with van der Waals surface area (Å²) < 4.78 is 106. The Morgan fingerprint density at radius 1 is 0.935 bits per heavy atom. The van der Waals surface area contributed by atoms with E-state index < -0.39 is 36.4 Å². The van der Waals surface area contributed by atoms with Gasteiger partial charge < -0.3 is 29.7 Å². The van der Waals surface area contributed by atoms with Crippen molar-refractivity contribution in [2.24, 2.45) is 5.92 Å². The average molecular weight is 683 g/mol. The van der Waals surface area contributed by atoms with Crippen LogP contribution in [0.25, 0.3) is 0 Å². The second-order valence-corrected chi connectivity index (χ2v) is 9.36. The van der Waals surface area contributed by atoms with Gasteiger partial charge in [0.25, 0.3) is 0 Å². The van der Waals surface area contributed by atoms with Crippen LogP contribution < -0.4 is 14.4 Å². The zero-order chi connectivity index (χ0) is 35.5. The number of pyridine rings is 1. The van der Waals surface area contributed by atoms with E-state index in [4.69, 9.17) is 39.2 Å². The molecule has 258 valence electrons. The highest BCUT2D eigenvalue weighted by Gasteiger charge is 2.52. The number of carboxylic acids is 3. The Hall–Kier alpha value is -4.63. The van der Waals surface area contributed by atoms with Crippen molar-refractivity contribution in [2.45, 2.75) is 30.5 Å². The van der Waals surface area contributed by atoms with E-state index in [2.05, 4.69) is 31.8 Å². The lowest BCUT2D eigenvalue weighted by molar-refractivity contribution is -0.193. The van der Waals surface area contributed by atoms with Gasteiger partial charge in [-0.15, -0.1) is 0 Å². The van der Waals surface area contributed by atoms with Gasteiger partial charge in [0.1, 0.15) is 17.9 Å². The second kappa shape index (κ2) is 16.1. The van der Waals surface area contributed by atoms with Crippen LogP contribution in [-0.2, 0) is 14.4 Å². The van der Waals surface area contributed by atoms with Crippen molar-refractivity contribution in [2.75, 3.05) is 45.3 Å². The van der Waals surface area contributed by atoms with Crippen LogP contribution in [0.15, 0.2) is 36.9 Å². The van der Waals surface area contributed by atoms with Gasteiger partial charge in [-0.05, 0) is 25.6 Å². The number of methoxy groups -OCH3 is 1. The SMILES string of the molecule is COc1cc(N2CC3(CC(COc4cccnc4)CN3C)C2)ncn1.O=C(O)C(F)(F)F.O=C(O)C(F)(F)F.O=C(O)C(F)(F)F. The molecule has 3 N–H and O–H groups in total. The molecule has 1 spiro atoms. The van der Waals surface area contributed by atoms with Gasteiger partial charge in [-0.25, -0.2) is 24.4 Å². The molecule has 2 fully saturated rings. The molecule has 0 amide bonds. The van der Waals surface area contributed by atoms with Gasteiger partial charge in [-0.3, -0.25) is 9.88 Å². The molecule has 0 bridgehead atoms. The monoisotopic (exact) mass is 683 g/mol. The van der Waals surface area contributed by atoms with Crippen molar-refractivity contribution < 1.29 is 78.7 Å². The number of likely N-dealkylation sites (N-methyl/N-ethyl adjacent to an activating group) is 1. The highest BCUT2D eigenvalue weighted by Crippen LogP contribution is 2.41. The van der Waals surface area contributed by atoms with Gasteiger partial charge in [-0.1, -0.05) is 0 Å². The molecule has 13 nitrogen and oxygen atoms in total. The lowest BCUT2D eigenvalue weighted by atomic mass is 9.84. The van der Waals surface area contributed by atoms with Crippen molar-refractivity contribution in [3.8, 4) is 11.6 Å². The topological polar surface area (TPSA) is 176 Å². The Labute approximate surface area is 253 Å². The largest absolute Gasteiger partial charge is 0.492 e. The van der Waals surface area contributed by atoms with Crippen LogP contribution in [0.1, 0.15) is 6.42 Å².